The van der Waals surface area contributed by atoms with E-state index in [-0.39, 0.29) is 34.3 Å². The highest BCUT2D eigenvalue weighted by atomic mass is 79.9. The van der Waals surface area contributed by atoms with Crippen LogP contribution < -0.4 is 5.32 Å². The van der Waals surface area contributed by atoms with Gasteiger partial charge in [-0.2, -0.15) is 0 Å². The lowest BCUT2D eigenvalue weighted by Crippen LogP contribution is -2.32. The molecule has 1 aromatic rings. The van der Waals surface area contributed by atoms with Gasteiger partial charge in [0.25, 0.3) is 11.6 Å². The van der Waals surface area contributed by atoms with Crippen LogP contribution in [0.2, 0.25) is 0 Å². The molecule has 0 aromatic heterocycles. The van der Waals surface area contributed by atoms with Crippen LogP contribution in [0.15, 0.2) is 22.7 Å². The summed E-state index contributed by atoms with van der Waals surface area (Å²) in [4.78, 5) is 22.2. The molecule has 1 rings (SSSR count). The van der Waals surface area contributed by atoms with Crippen molar-refractivity contribution in [2.75, 3.05) is 6.61 Å². The van der Waals surface area contributed by atoms with Gasteiger partial charge in [0.1, 0.15) is 4.47 Å². The van der Waals surface area contributed by atoms with Gasteiger partial charge in [0.05, 0.1) is 10.5 Å². The summed E-state index contributed by atoms with van der Waals surface area (Å²) in [6.45, 7) is 1.89. The van der Waals surface area contributed by atoms with Crippen LogP contribution >= 0.6 is 15.9 Å². The van der Waals surface area contributed by atoms with Crippen LogP contribution in [0.5, 0.6) is 0 Å². The van der Waals surface area contributed by atoms with Gasteiger partial charge in [-0.1, -0.05) is 6.07 Å². The number of nitrogens with one attached hydrogen (secondary N) is 1. The van der Waals surface area contributed by atoms with Crippen LogP contribution in [0, 0.1) is 10.1 Å². The molecule has 1 atom stereocenters. The Bertz CT molecular complexity index is 479. The third-order valence-electron chi connectivity index (χ3n) is 2.59. The number of carbonyl (C=O) groups is 1. The van der Waals surface area contributed by atoms with E-state index < -0.39 is 4.92 Å². The molecule has 1 aromatic carbocycles. The van der Waals surface area contributed by atoms with Crippen molar-refractivity contribution in [2.24, 2.45) is 0 Å². The van der Waals surface area contributed by atoms with Crippen molar-refractivity contribution >= 4 is 27.5 Å². The molecule has 7 heteroatoms. The van der Waals surface area contributed by atoms with E-state index in [1.165, 1.54) is 18.2 Å². The first-order valence-electron chi connectivity index (χ1n) is 5.82. The molecule has 0 aliphatic rings. The van der Waals surface area contributed by atoms with Gasteiger partial charge in [0, 0.05) is 18.7 Å². The summed E-state index contributed by atoms with van der Waals surface area (Å²) < 4.78 is 0.173. The zero-order valence-corrected chi connectivity index (χ0v) is 12.0. The summed E-state index contributed by atoms with van der Waals surface area (Å²) in [5, 5.41) is 22.2. The van der Waals surface area contributed by atoms with Crippen LogP contribution in [-0.2, 0) is 0 Å². The molecular weight excluding hydrogens is 316 g/mol. The number of nitro benzene ring substituents is 1. The lowest BCUT2D eigenvalue weighted by Gasteiger charge is -2.13. The second-order valence-corrected chi connectivity index (χ2v) is 4.93. The normalized spacial score (nSPS) is 11.9. The van der Waals surface area contributed by atoms with Gasteiger partial charge in [-0.25, -0.2) is 0 Å². The Labute approximate surface area is 119 Å². The smallest absolute Gasteiger partial charge is 0.284 e. The molecule has 1 amide bonds. The number of halogens is 1. The summed E-state index contributed by atoms with van der Waals surface area (Å²) in [5.74, 6) is -0.374. The van der Waals surface area contributed by atoms with Crippen LogP contribution in [-0.4, -0.2) is 28.6 Å². The lowest BCUT2D eigenvalue weighted by molar-refractivity contribution is -0.385. The minimum atomic E-state index is -0.546. The number of nitrogens with zero attached hydrogens (tertiary/aromatic N) is 1. The van der Waals surface area contributed by atoms with Gasteiger partial charge >= 0.3 is 0 Å². The van der Waals surface area contributed by atoms with Gasteiger partial charge in [0.15, 0.2) is 0 Å². The summed E-state index contributed by atoms with van der Waals surface area (Å²) in [6, 6.07) is 4.21. The van der Waals surface area contributed by atoms with Crippen molar-refractivity contribution < 1.29 is 14.8 Å². The first kappa shape index (κ1) is 15.6. The first-order chi connectivity index (χ1) is 8.97. The Morgan fingerprint density at radius 2 is 2.26 bits per heavy atom. The molecule has 0 fully saturated rings. The number of hydrogen-bond donors (Lipinski definition) is 2. The SMILES string of the molecule is CC(CCCO)NC(=O)c1cccc([N+](=O)[O-])c1Br. The molecule has 0 spiro atoms. The average molecular weight is 331 g/mol. The van der Waals surface area contributed by atoms with Gasteiger partial charge in [-0.05, 0) is 41.8 Å². The van der Waals surface area contributed by atoms with E-state index in [0.717, 1.165) is 0 Å². The number of benzene rings is 1. The zero-order valence-electron chi connectivity index (χ0n) is 10.4. The Morgan fingerprint density at radius 3 is 2.84 bits per heavy atom. The summed E-state index contributed by atoms with van der Waals surface area (Å²) in [6.07, 6.45) is 1.24. The molecule has 0 aliphatic heterocycles. The van der Waals surface area contributed by atoms with E-state index in [2.05, 4.69) is 21.2 Å². The highest BCUT2D eigenvalue weighted by Crippen LogP contribution is 2.28. The summed E-state index contributed by atoms with van der Waals surface area (Å²) in [7, 11) is 0. The molecule has 0 heterocycles. The van der Waals surface area contributed by atoms with Gasteiger partial charge in [0.2, 0.25) is 0 Å². The molecular formula is C12H15BrN2O4. The van der Waals surface area contributed by atoms with E-state index in [4.69, 9.17) is 5.11 Å². The largest absolute Gasteiger partial charge is 0.396 e. The third kappa shape index (κ3) is 4.29. The Morgan fingerprint density at radius 1 is 1.58 bits per heavy atom. The van der Waals surface area contributed by atoms with Gasteiger partial charge < -0.3 is 10.4 Å². The fourth-order valence-electron chi connectivity index (χ4n) is 1.61. The van der Waals surface area contributed by atoms with Crippen molar-refractivity contribution in [2.45, 2.75) is 25.8 Å². The maximum absolute atomic E-state index is 12.0. The highest BCUT2D eigenvalue weighted by Gasteiger charge is 2.20. The van der Waals surface area contributed by atoms with Crippen molar-refractivity contribution in [3.05, 3.63) is 38.3 Å². The molecule has 0 radical (unpaired) electrons. The minimum Gasteiger partial charge on any atom is -0.396 e. The second kappa shape index (κ2) is 7.20. The molecule has 104 valence electrons. The Kier molecular flexibility index (Phi) is 5.91. The number of aliphatic hydroxyl groups is 1. The number of carbonyl (C=O) groups excluding carboxylic acids is 1. The molecule has 0 bridgehead atoms. The standard InChI is InChI=1S/C12H15BrN2O4/c1-8(4-3-7-16)14-12(17)9-5-2-6-10(11(9)13)15(18)19/h2,5-6,8,16H,3-4,7H2,1H3,(H,14,17). The number of rotatable bonds is 6. The summed E-state index contributed by atoms with van der Waals surface area (Å²) >= 11 is 3.08. The van der Waals surface area contributed by atoms with Crippen molar-refractivity contribution in [1.29, 1.82) is 0 Å². The van der Waals surface area contributed by atoms with E-state index in [1.54, 1.807) is 0 Å². The number of aliphatic hydroxyl groups excluding tert-OH is 1. The molecule has 0 saturated carbocycles. The third-order valence-corrected chi connectivity index (χ3v) is 3.43. The topological polar surface area (TPSA) is 92.5 Å². The fourth-order valence-corrected chi connectivity index (χ4v) is 2.20. The predicted molar refractivity (Wildman–Crippen MR) is 74.0 cm³/mol. The zero-order chi connectivity index (χ0) is 14.4. The second-order valence-electron chi connectivity index (χ2n) is 4.14. The molecule has 2 N–H and O–H groups in total. The molecule has 6 nitrogen and oxygen atoms in total. The van der Waals surface area contributed by atoms with E-state index >= 15 is 0 Å². The lowest BCUT2D eigenvalue weighted by atomic mass is 10.1. The average Bonchev–Trinajstić information content (AvgIpc) is 2.36. The minimum absolute atomic E-state index is 0.0702. The predicted octanol–water partition coefficient (Wildman–Crippen LogP) is 2.25. The number of amides is 1. The summed E-state index contributed by atoms with van der Waals surface area (Å²) in [5.41, 5.74) is 0.0840. The first-order valence-corrected chi connectivity index (χ1v) is 6.61. The van der Waals surface area contributed by atoms with Crippen LogP contribution in [0.25, 0.3) is 0 Å². The number of nitro groups is 1. The Balaban J connectivity index is 2.83. The van der Waals surface area contributed by atoms with E-state index in [1.807, 2.05) is 6.92 Å². The molecule has 1 unspecified atom stereocenters. The fraction of sp³-hybridized carbons (Fsp3) is 0.417. The van der Waals surface area contributed by atoms with E-state index in [0.29, 0.717) is 12.8 Å². The molecule has 19 heavy (non-hydrogen) atoms. The molecule has 0 saturated heterocycles. The monoisotopic (exact) mass is 330 g/mol. The Hall–Kier alpha value is -1.47. The maximum Gasteiger partial charge on any atom is 0.284 e. The number of hydrogen-bond acceptors (Lipinski definition) is 4. The van der Waals surface area contributed by atoms with Gasteiger partial charge in [-0.3, -0.25) is 14.9 Å². The van der Waals surface area contributed by atoms with Crippen LogP contribution in [0.4, 0.5) is 5.69 Å². The maximum atomic E-state index is 12.0. The van der Waals surface area contributed by atoms with Crippen molar-refractivity contribution in [3.8, 4) is 0 Å². The van der Waals surface area contributed by atoms with Crippen molar-refractivity contribution in [1.82, 2.24) is 5.32 Å². The quantitative estimate of drug-likeness (QED) is 0.618. The highest BCUT2D eigenvalue weighted by molar-refractivity contribution is 9.10. The van der Waals surface area contributed by atoms with E-state index in [9.17, 15) is 14.9 Å². The van der Waals surface area contributed by atoms with Crippen LogP contribution in [0.3, 0.4) is 0 Å². The van der Waals surface area contributed by atoms with Crippen molar-refractivity contribution in [3.63, 3.8) is 0 Å². The van der Waals surface area contributed by atoms with Gasteiger partial charge in [-0.15, -0.1) is 0 Å². The molecule has 0 aliphatic carbocycles. The van der Waals surface area contributed by atoms with Crippen LogP contribution in [0.1, 0.15) is 30.1 Å².